The molecule has 0 radical (unpaired) electrons. The van der Waals surface area contributed by atoms with Crippen molar-refractivity contribution in [2.75, 3.05) is 0 Å². The van der Waals surface area contributed by atoms with Crippen LogP contribution in [-0.4, -0.2) is 11.0 Å². The van der Waals surface area contributed by atoms with Gasteiger partial charge in [0.15, 0.2) is 0 Å². The molecule has 0 bridgehead atoms. The van der Waals surface area contributed by atoms with E-state index in [-0.39, 0.29) is 18.4 Å². The molecule has 0 heterocycles. The molecule has 0 aliphatic carbocycles. The van der Waals surface area contributed by atoms with Gasteiger partial charge < -0.3 is 10.4 Å². The molecule has 0 saturated carbocycles. The lowest BCUT2D eigenvalue weighted by Crippen LogP contribution is -2.27. The van der Waals surface area contributed by atoms with Crippen molar-refractivity contribution in [1.29, 1.82) is 0 Å². The number of aliphatic hydroxyl groups excluding tert-OH is 1. The molecule has 0 aliphatic heterocycles. The number of carbonyl (C=O) groups excluding carboxylic acids is 1. The van der Waals surface area contributed by atoms with Crippen LogP contribution in [0.4, 0.5) is 0 Å². The molecule has 2 N–H and O–H groups in total. The molecule has 1 amide bonds. The minimum atomic E-state index is -0.767. The number of nitrogens with one attached hydrogen (secondary N) is 1. The fraction of sp³-hybridized carbons (Fsp3) is 0.278. The molecule has 2 aromatic rings. The third-order valence-electron chi connectivity index (χ3n) is 3.52. The first-order valence-electron chi connectivity index (χ1n) is 7.15. The number of hydrogen-bond donors (Lipinski definition) is 2. The Bertz CT molecular complexity index is 578. The Hall–Kier alpha value is -2.13. The summed E-state index contributed by atoms with van der Waals surface area (Å²) in [5, 5.41) is 13.0. The number of aryl methyl sites for hydroxylation is 1. The minimum Gasteiger partial charge on any atom is -0.388 e. The van der Waals surface area contributed by atoms with Gasteiger partial charge >= 0.3 is 0 Å². The summed E-state index contributed by atoms with van der Waals surface area (Å²) in [5.74, 6) is -0.153. The molecule has 2 atom stereocenters. The van der Waals surface area contributed by atoms with Gasteiger partial charge in [0, 0.05) is 0 Å². The van der Waals surface area contributed by atoms with E-state index < -0.39 is 6.10 Å². The van der Waals surface area contributed by atoms with Crippen LogP contribution >= 0.6 is 0 Å². The number of amides is 1. The Morgan fingerprint density at radius 2 is 1.67 bits per heavy atom. The fourth-order valence-corrected chi connectivity index (χ4v) is 2.21. The van der Waals surface area contributed by atoms with Crippen LogP contribution in [0.3, 0.4) is 0 Å². The number of aliphatic hydroxyl groups is 1. The van der Waals surface area contributed by atoms with Crippen LogP contribution in [0.5, 0.6) is 0 Å². The fourth-order valence-electron chi connectivity index (χ4n) is 2.21. The molecule has 2 unspecified atom stereocenters. The van der Waals surface area contributed by atoms with Crippen LogP contribution in [0, 0.1) is 6.92 Å². The van der Waals surface area contributed by atoms with Crippen molar-refractivity contribution in [3.63, 3.8) is 0 Å². The van der Waals surface area contributed by atoms with E-state index in [2.05, 4.69) is 5.32 Å². The second-order valence-corrected chi connectivity index (χ2v) is 5.33. The zero-order valence-electron chi connectivity index (χ0n) is 12.4. The van der Waals surface area contributed by atoms with Gasteiger partial charge in [0.25, 0.3) is 0 Å². The van der Waals surface area contributed by atoms with E-state index in [1.807, 2.05) is 68.4 Å². The quantitative estimate of drug-likeness (QED) is 0.884. The van der Waals surface area contributed by atoms with Gasteiger partial charge in [-0.3, -0.25) is 4.79 Å². The Labute approximate surface area is 125 Å². The standard InChI is InChI=1S/C18H21NO2/c1-13-8-10-15(11-9-13)14(2)19-18(21)12-17(20)16-6-4-3-5-7-16/h3-11,14,17,20H,12H2,1-2H3,(H,19,21). The molecule has 0 aliphatic rings. The zero-order valence-corrected chi connectivity index (χ0v) is 12.4. The third-order valence-corrected chi connectivity index (χ3v) is 3.52. The largest absolute Gasteiger partial charge is 0.388 e. The second-order valence-electron chi connectivity index (χ2n) is 5.33. The van der Waals surface area contributed by atoms with E-state index in [4.69, 9.17) is 0 Å². The Morgan fingerprint density at radius 3 is 2.29 bits per heavy atom. The molecular formula is C18H21NO2. The second kappa shape index (κ2) is 7.04. The van der Waals surface area contributed by atoms with Crippen molar-refractivity contribution in [2.24, 2.45) is 0 Å². The van der Waals surface area contributed by atoms with Crippen molar-refractivity contribution in [3.8, 4) is 0 Å². The van der Waals surface area contributed by atoms with Crippen LogP contribution in [0.25, 0.3) is 0 Å². The van der Waals surface area contributed by atoms with Crippen LogP contribution in [0.1, 0.15) is 42.2 Å². The smallest absolute Gasteiger partial charge is 0.223 e. The third kappa shape index (κ3) is 4.43. The van der Waals surface area contributed by atoms with E-state index >= 15 is 0 Å². The van der Waals surface area contributed by atoms with Gasteiger partial charge in [-0.2, -0.15) is 0 Å². The van der Waals surface area contributed by atoms with Crippen molar-refractivity contribution in [3.05, 3.63) is 71.3 Å². The number of carbonyl (C=O) groups is 1. The van der Waals surface area contributed by atoms with Gasteiger partial charge in [-0.1, -0.05) is 60.2 Å². The molecule has 0 aromatic heterocycles. The maximum Gasteiger partial charge on any atom is 0.223 e. The molecule has 3 nitrogen and oxygen atoms in total. The van der Waals surface area contributed by atoms with E-state index in [9.17, 15) is 9.90 Å². The monoisotopic (exact) mass is 283 g/mol. The molecule has 21 heavy (non-hydrogen) atoms. The summed E-state index contributed by atoms with van der Waals surface area (Å²) in [7, 11) is 0. The molecule has 0 fully saturated rings. The molecular weight excluding hydrogens is 262 g/mol. The molecule has 2 rings (SSSR count). The average molecular weight is 283 g/mol. The summed E-state index contributed by atoms with van der Waals surface area (Å²) in [6.45, 7) is 3.97. The topological polar surface area (TPSA) is 49.3 Å². The van der Waals surface area contributed by atoms with Crippen LogP contribution in [0.15, 0.2) is 54.6 Å². The van der Waals surface area contributed by atoms with Crippen LogP contribution in [-0.2, 0) is 4.79 Å². The summed E-state index contributed by atoms with van der Waals surface area (Å²) >= 11 is 0. The first kappa shape index (κ1) is 15.3. The highest BCUT2D eigenvalue weighted by atomic mass is 16.3. The molecule has 0 saturated heterocycles. The first-order valence-corrected chi connectivity index (χ1v) is 7.15. The highest BCUT2D eigenvalue weighted by molar-refractivity contribution is 5.77. The van der Waals surface area contributed by atoms with E-state index in [1.54, 1.807) is 0 Å². The Morgan fingerprint density at radius 1 is 1.05 bits per heavy atom. The molecule has 2 aromatic carbocycles. The van der Waals surface area contributed by atoms with Crippen molar-refractivity contribution in [2.45, 2.75) is 32.4 Å². The van der Waals surface area contributed by atoms with E-state index in [0.717, 1.165) is 11.1 Å². The SMILES string of the molecule is Cc1ccc(C(C)NC(=O)CC(O)c2ccccc2)cc1. The van der Waals surface area contributed by atoms with Gasteiger partial charge in [0.1, 0.15) is 0 Å². The predicted octanol–water partition coefficient (Wildman–Crippen LogP) is 3.30. The highest BCUT2D eigenvalue weighted by Gasteiger charge is 2.15. The van der Waals surface area contributed by atoms with Crippen LogP contribution in [0.2, 0.25) is 0 Å². The number of hydrogen-bond acceptors (Lipinski definition) is 2. The number of rotatable bonds is 5. The lowest BCUT2D eigenvalue weighted by molar-refractivity contribution is -0.123. The van der Waals surface area contributed by atoms with E-state index in [1.165, 1.54) is 5.56 Å². The zero-order chi connectivity index (χ0) is 15.2. The lowest BCUT2D eigenvalue weighted by atomic mass is 10.0. The normalized spacial score (nSPS) is 13.5. The summed E-state index contributed by atoms with van der Waals surface area (Å²) in [4.78, 5) is 12.0. The molecule has 110 valence electrons. The van der Waals surface area contributed by atoms with Gasteiger partial charge in [0.2, 0.25) is 5.91 Å². The maximum absolute atomic E-state index is 12.0. The van der Waals surface area contributed by atoms with E-state index in [0.29, 0.717) is 0 Å². The number of benzene rings is 2. The van der Waals surface area contributed by atoms with Crippen molar-refractivity contribution >= 4 is 5.91 Å². The highest BCUT2D eigenvalue weighted by Crippen LogP contribution is 2.17. The predicted molar refractivity (Wildman–Crippen MR) is 83.8 cm³/mol. The van der Waals surface area contributed by atoms with Crippen LogP contribution < -0.4 is 5.32 Å². The summed E-state index contributed by atoms with van der Waals surface area (Å²) < 4.78 is 0. The van der Waals surface area contributed by atoms with Crippen molar-refractivity contribution < 1.29 is 9.90 Å². The van der Waals surface area contributed by atoms with Gasteiger partial charge in [-0.25, -0.2) is 0 Å². The van der Waals surface area contributed by atoms with Gasteiger partial charge in [-0.15, -0.1) is 0 Å². The van der Waals surface area contributed by atoms with Gasteiger partial charge in [-0.05, 0) is 25.0 Å². The maximum atomic E-state index is 12.0. The summed E-state index contributed by atoms with van der Waals surface area (Å²) in [6.07, 6.45) is -0.698. The van der Waals surface area contributed by atoms with Gasteiger partial charge in [0.05, 0.1) is 18.6 Å². The average Bonchev–Trinajstić information content (AvgIpc) is 2.48. The minimum absolute atomic E-state index is 0.0685. The van der Waals surface area contributed by atoms with Crippen molar-refractivity contribution in [1.82, 2.24) is 5.32 Å². The molecule has 3 heteroatoms. The lowest BCUT2D eigenvalue weighted by Gasteiger charge is -2.16. The summed E-state index contributed by atoms with van der Waals surface area (Å²) in [5.41, 5.74) is 3.01. The first-order chi connectivity index (χ1) is 10.1. The summed E-state index contributed by atoms with van der Waals surface area (Å²) in [6, 6.07) is 17.2. The molecule has 0 spiro atoms. The Balaban J connectivity index is 1.91. The Kier molecular flexibility index (Phi) is 5.12.